The van der Waals surface area contributed by atoms with Crippen LogP contribution in [0.15, 0.2) is 47.5 Å². The maximum absolute atomic E-state index is 6.20. The van der Waals surface area contributed by atoms with E-state index in [4.69, 9.17) is 9.15 Å². The zero-order valence-corrected chi connectivity index (χ0v) is 14.0. The van der Waals surface area contributed by atoms with Crippen LogP contribution in [0.3, 0.4) is 0 Å². The number of nitrogens with zero attached hydrogens (tertiary/aromatic N) is 3. The van der Waals surface area contributed by atoms with Gasteiger partial charge in [-0.2, -0.15) is 0 Å². The third-order valence-electron chi connectivity index (χ3n) is 5.13. The summed E-state index contributed by atoms with van der Waals surface area (Å²) in [6.45, 7) is 7.04. The van der Waals surface area contributed by atoms with Gasteiger partial charge in [-0.05, 0) is 30.7 Å². The fourth-order valence-electron chi connectivity index (χ4n) is 3.86. The van der Waals surface area contributed by atoms with Gasteiger partial charge in [0.15, 0.2) is 0 Å². The Bertz CT molecular complexity index is 617. The highest BCUT2D eigenvalue weighted by atomic mass is 16.5. The normalized spacial score (nSPS) is 26.0. The fourth-order valence-corrected chi connectivity index (χ4v) is 3.86. The lowest BCUT2D eigenvalue weighted by Crippen LogP contribution is -2.46. The minimum atomic E-state index is 0.351. The van der Waals surface area contributed by atoms with Gasteiger partial charge in [-0.3, -0.25) is 14.8 Å². The molecule has 5 nitrogen and oxygen atoms in total. The van der Waals surface area contributed by atoms with Crippen LogP contribution in [0.25, 0.3) is 0 Å². The standard InChI is InChI=1S/C19H25N3O2/c1-2-16(10-20-5-1)11-22-7-9-24-19-14-21(6-3-18(19)13-22)12-17-4-8-23-15-17/h1-2,4-5,8,10,15,18-19H,3,6-7,9,11-14H2/t18-,19-/m1/s1. The minimum Gasteiger partial charge on any atom is -0.472 e. The molecule has 0 bridgehead atoms. The van der Waals surface area contributed by atoms with E-state index in [1.807, 2.05) is 24.7 Å². The Kier molecular flexibility index (Phi) is 4.92. The highest BCUT2D eigenvalue weighted by molar-refractivity contribution is 5.08. The maximum Gasteiger partial charge on any atom is 0.0947 e. The Labute approximate surface area is 143 Å². The predicted octanol–water partition coefficient (Wildman–Crippen LogP) is 2.40. The second-order valence-electron chi connectivity index (χ2n) is 6.92. The van der Waals surface area contributed by atoms with Gasteiger partial charge < -0.3 is 9.15 Å². The Morgan fingerprint density at radius 2 is 2.00 bits per heavy atom. The first-order chi connectivity index (χ1) is 11.9. The van der Waals surface area contributed by atoms with Crippen molar-refractivity contribution in [2.45, 2.75) is 25.6 Å². The van der Waals surface area contributed by atoms with Gasteiger partial charge >= 0.3 is 0 Å². The molecule has 4 heterocycles. The number of hydrogen-bond donors (Lipinski definition) is 0. The van der Waals surface area contributed by atoms with Crippen molar-refractivity contribution in [2.75, 3.05) is 32.8 Å². The van der Waals surface area contributed by atoms with Crippen molar-refractivity contribution < 1.29 is 9.15 Å². The van der Waals surface area contributed by atoms with E-state index in [9.17, 15) is 0 Å². The van der Waals surface area contributed by atoms with Gasteiger partial charge in [-0.15, -0.1) is 0 Å². The first-order valence-corrected chi connectivity index (χ1v) is 8.83. The Morgan fingerprint density at radius 1 is 1.08 bits per heavy atom. The molecule has 2 aliphatic heterocycles. The zero-order chi connectivity index (χ0) is 16.2. The summed E-state index contributed by atoms with van der Waals surface area (Å²) < 4.78 is 11.4. The highest BCUT2D eigenvalue weighted by Crippen LogP contribution is 2.25. The summed E-state index contributed by atoms with van der Waals surface area (Å²) in [7, 11) is 0. The molecular weight excluding hydrogens is 302 g/mol. The van der Waals surface area contributed by atoms with E-state index in [0.717, 1.165) is 45.9 Å². The SMILES string of the molecule is c1cncc(CN2CCO[C@@H]3CN(Cc4ccoc4)CC[C@@H]3C2)c1. The van der Waals surface area contributed by atoms with Crippen molar-refractivity contribution in [3.8, 4) is 0 Å². The maximum atomic E-state index is 6.20. The molecule has 128 valence electrons. The van der Waals surface area contributed by atoms with Gasteiger partial charge in [-0.1, -0.05) is 6.07 Å². The van der Waals surface area contributed by atoms with Crippen molar-refractivity contribution in [1.29, 1.82) is 0 Å². The summed E-state index contributed by atoms with van der Waals surface area (Å²) in [6, 6.07) is 6.22. The molecule has 0 saturated carbocycles. The minimum absolute atomic E-state index is 0.351. The number of piperidine rings is 1. The Hall–Kier alpha value is -1.69. The number of furan rings is 1. The van der Waals surface area contributed by atoms with E-state index in [1.54, 1.807) is 6.26 Å². The van der Waals surface area contributed by atoms with Gasteiger partial charge in [0.05, 0.1) is 25.2 Å². The van der Waals surface area contributed by atoms with Crippen LogP contribution in [-0.4, -0.2) is 53.7 Å². The van der Waals surface area contributed by atoms with Gasteiger partial charge in [0.25, 0.3) is 0 Å². The molecule has 2 aliphatic rings. The summed E-state index contributed by atoms with van der Waals surface area (Å²) in [6.07, 6.45) is 8.95. The molecule has 0 unspecified atom stereocenters. The smallest absolute Gasteiger partial charge is 0.0947 e. The van der Waals surface area contributed by atoms with E-state index in [1.165, 1.54) is 17.5 Å². The molecule has 0 radical (unpaired) electrons. The van der Waals surface area contributed by atoms with E-state index >= 15 is 0 Å². The summed E-state index contributed by atoms with van der Waals surface area (Å²) in [5, 5.41) is 0. The van der Waals surface area contributed by atoms with E-state index < -0.39 is 0 Å². The van der Waals surface area contributed by atoms with Crippen LogP contribution in [0.5, 0.6) is 0 Å². The molecule has 2 saturated heterocycles. The average Bonchev–Trinajstić information content (AvgIpc) is 3.02. The predicted molar refractivity (Wildman–Crippen MR) is 91.3 cm³/mol. The molecule has 2 atom stereocenters. The molecule has 0 amide bonds. The van der Waals surface area contributed by atoms with Gasteiger partial charge in [-0.25, -0.2) is 0 Å². The summed E-state index contributed by atoms with van der Waals surface area (Å²) in [5.41, 5.74) is 2.54. The van der Waals surface area contributed by atoms with Gasteiger partial charge in [0, 0.05) is 56.6 Å². The largest absolute Gasteiger partial charge is 0.472 e. The summed E-state index contributed by atoms with van der Waals surface area (Å²) in [4.78, 5) is 9.24. The van der Waals surface area contributed by atoms with E-state index in [2.05, 4.69) is 26.9 Å². The highest BCUT2D eigenvalue weighted by Gasteiger charge is 2.33. The molecule has 0 spiro atoms. The topological polar surface area (TPSA) is 41.7 Å². The van der Waals surface area contributed by atoms with Crippen molar-refractivity contribution in [1.82, 2.24) is 14.8 Å². The molecule has 5 heteroatoms. The number of aromatic nitrogens is 1. The first kappa shape index (κ1) is 15.8. The van der Waals surface area contributed by atoms with E-state index in [-0.39, 0.29) is 0 Å². The Morgan fingerprint density at radius 3 is 2.83 bits per heavy atom. The molecule has 0 aliphatic carbocycles. The lowest BCUT2D eigenvalue weighted by Gasteiger charge is -2.37. The van der Waals surface area contributed by atoms with Crippen LogP contribution in [0, 0.1) is 5.92 Å². The van der Waals surface area contributed by atoms with Crippen molar-refractivity contribution in [3.63, 3.8) is 0 Å². The fraction of sp³-hybridized carbons (Fsp3) is 0.526. The quantitative estimate of drug-likeness (QED) is 0.862. The molecule has 0 N–H and O–H groups in total. The number of ether oxygens (including phenoxy) is 1. The number of likely N-dealkylation sites (tertiary alicyclic amines) is 1. The number of pyridine rings is 1. The van der Waals surface area contributed by atoms with Crippen LogP contribution < -0.4 is 0 Å². The molecular formula is C19H25N3O2. The summed E-state index contributed by atoms with van der Waals surface area (Å²) in [5.74, 6) is 0.629. The number of rotatable bonds is 4. The Balaban J connectivity index is 1.34. The van der Waals surface area contributed by atoms with E-state index in [0.29, 0.717) is 12.0 Å². The number of hydrogen-bond acceptors (Lipinski definition) is 5. The average molecular weight is 327 g/mol. The lowest BCUT2D eigenvalue weighted by molar-refractivity contribution is -0.0242. The third kappa shape index (κ3) is 3.86. The molecule has 2 aromatic heterocycles. The van der Waals surface area contributed by atoms with Gasteiger partial charge in [0.1, 0.15) is 0 Å². The monoisotopic (exact) mass is 327 g/mol. The van der Waals surface area contributed by atoms with Crippen molar-refractivity contribution in [2.24, 2.45) is 5.92 Å². The molecule has 2 aromatic rings. The first-order valence-electron chi connectivity index (χ1n) is 8.83. The van der Waals surface area contributed by atoms with Crippen LogP contribution in [0.1, 0.15) is 17.5 Å². The second kappa shape index (κ2) is 7.47. The van der Waals surface area contributed by atoms with Crippen molar-refractivity contribution in [3.05, 3.63) is 54.2 Å². The second-order valence-corrected chi connectivity index (χ2v) is 6.92. The van der Waals surface area contributed by atoms with Crippen LogP contribution in [0.4, 0.5) is 0 Å². The van der Waals surface area contributed by atoms with Gasteiger partial charge in [0.2, 0.25) is 0 Å². The molecule has 24 heavy (non-hydrogen) atoms. The van der Waals surface area contributed by atoms with Crippen LogP contribution in [0.2, 0.25) is 0 Å². The van der Waals surface area contributed by atoms with Crippen LogP contribution >= 0.6 is 0 Å². The summed E-state index contributed by atoms with van der Waals surface area (Å²) >= 11 is 0. The molecule has 0 aromatic carbocycles. The molecule has 4 rings (SSSR count). The van der Waals surface area contributed by atoms with Crippen LogP contribution in [-0.2, 0) is 17.8 Å². The third-order valence-corrected chi connectivity index (χ3v) is 5.13. The lowest BCUT2D eigenvalue weighted by atomic mass is 9.93. The number of fused-ring (bicyclic) bond motifs is 1. The zero-order valence-electron chi connectivity index (χ0n) is 14.0. The molecule has 2 fully saturated rings. The van der Waals surface area contributed by atoms with Crippen molar-refractivity contribution >= 4 is 0 Å².